The maximum atomic E-state index is 12.7. The molecule has 0 saturated carbocycles. The van der Waals surface area contributed by atoms with Crippen molar-refractivity contribution in [3.05, 3.63) is 53.6 Å². The third-order valence-corrected chi connectivity index (χ3v) is 5.55. The lowest BCUT2D eigenvalue weighted by molar-refractivity contribution is -0.118. The van der Waals surface area contributed by atoms with Crippen LogP contribution in [0.2, 0.25) is 0 Å². The average molecular weight is 412 g/mol. The van der Waals surface area contributed by atoms with Crippen LogP contribution in [0.5, 0.6) is 11.5 Å². The van der Waals surface area contributed by atoms with E-state index in [-0.39, 0.29) is 18.5 Å². The fraction of sp³-hybridized carbons (Fsp3) is 0.391. The first kappa shape index (κ1) is 21.5. The molecule has 2 aromatic carbocycles. The Labute approximate surface area is 176 Å². The summed E-state index contributed by atoms with van der Waals surface area (Å²) in [5.41, 5.74) is 2.31. The smallest absolute Gasteiger partial charge is 0.408 e. The number of anilines is 1. The Hall–Kier alpha value is -3.22. The Bertz CT molecular complexity index is 915. The molecule has 0 radical (unpaired) electrons. The lowest BCUT2D eigenvalue weighted by atomic mass is 9.89. The average Bonchev–Trinajstić information content (AvgIpc) is 2.76. The number of hydrogen-bond donors (Lipinski definition) is 1. The summed E-state index contributed by atoms with van der Waals surface area (Å²) in [5.74, 6) is 0.993. The number of ether oxygens (including phenoxy) is 2. The molecule has 7 nitrogen and oxygen atoms in total. The van der Waals surface area contributed by atoms with E-state index < -0.39 is 12.1 Å². The van der Waals surface area contributed by atoms with Gasteiger partial charge >= 0.3 is 6.09 Å². The molecule has 1 aliphatic heterocycles. The molecule has 0 aromatic heterocycles. The van der Waals surface area contributed by atoms with Crippen LogP contribution >= 0.6 is 0 Å². The molecule has 1 aliphatic rings. The number of carbonyl (C=O) groups excluding carboxylic acids is 1. The molecule has 0 bridgehead atoms. The van der Waals surface area contributed by atoms with Crippen LogP contribution in [0.3, 0.4) is 0 Å². The minimum absolute atomic E-state index is 0.0145. The summed E-state index contributed by atoms with van der Waals surface area (Å²) in [5, 5.41) is 10.0. The normalized spacial score (nSPS) is 17.8. The Kier molecular flexibility index (Phi) is 6.50. The predicted molar refractivity (Wildman–Crippen MR) is 114 cm³/mol. The Balaban J connectivity index is 2.13. The first-order chi connectivity index (χ1) is 14.4. The van der Waals surface area contributed by atoms with Crippen LogP contribution in [-0.4, -0.2) is 42.3 Å². The van der Waals surface area contributed by atoms with Gasteiger partial charge in [0, 0.05) is 30.6 Å². The molecule has 2 unspecified atom stereocenters. The van der Waals surface area contributed by atoms with Gasteiger partial charge in [-0.1, -0.05) is 37.3 Å². The standard InChI is InChI=1S/C23H28N2O5/c1-5-22(26)25-15(2)11-18(17-12-20(29-3)21(30-4)13-19(17)25)24(23(27)28)14-16-9-7-6-8-10-16/h6-10,12-13,15,18H,5,11,14H2,1-4H3,(H,27,28). The van der Waals surface area contributed by atoms with E-state index >= 15 is 0 Å². The molecule has 3 rings (SSSR count). The Morgan fingerprint density at radius 2 is 1.77 bits per heavy atom. The fourth-order valence-corrected chi connectivity index (χ4v) is 4.09. The van der Waals surface area contributed by atoms with E-state index in [9.17, 15) is 14.7 Å². The van der Waals surface area contributed by atoms with E-state index in [2.05, 4.69) is 0 Å². The quantitative estimate of drug-likeness (QED) is 0.758. The number of carbonyl (C=O) groups is 2. The van der Waals surface area contributed by atoms with Gasteiger partial charge in [0.2, 0.25) is 5.91 Å². The van der Waals surface area contributed by atoms with Crippen LogP contribution in [-0.2, 0) is 11.3 Å². The summed E-state index contributed by atoms with van der Waals surface area (Å²) in [6.07, 6.45) is -0.157. The van der Waals surface area contributed by atoms with E-state index in [1.54, 1.807) is 31.3 Å². The van der Waals surface area contributed by atoms with E-state index in [1.807, 2.05) is 44.2 Å². The minimum Gasteiger partial charge on any atom is -0.493 e. The van der Waals surface area contributed by atoms with E-state index in [1.165, 1.54) is 4.90 Å². The van der Waals surface area contributed by atoms with Crippen molar-refractivity contribution < 1.29 is 24.2 Å². The molecular weight excluding hydrogens is 384 g/mol. The number of methoxy groups -OCH3 is 2. The molecule has 160 valence electrons. The van der Waals surface area contributed by atoms with Crippen LogP contribution in [0.15, 0.2) is 42.5 Å². The minimum atomic E-state index is -1.01. The van der Waals surface area contributed by atoms with Crippen molar-refractivity contribution in [3.63, 3.8) is 0 Å². The zero-order chi connectivity index (χ0) is 21.8. The van der Waals surface area contributed by atoms with Crippen molar-refractivity contribution in [2.75, 3.05) is 19.1 Å². The number of carboxylic acid groups (broad SMARTS) is 1. The third kappa shape index (κ3) is 4.06. The monoisotopic (exact) mass is 412 g/mol. The molecule has 2 atom stereocenters. The molecule has 0 spiro atoms. The highest BCUT2D eigenvalue weighted by molar-refractivity contribution is 5.96. The first-order valence-electron chi connectivity index (χ1n) is 10.0. The topological polar surface area (TPSA) is 79.3 Å². The zero-order valence-electron chi connectivity index (χ0n) is 17.8. The van der Waals surface area contributed by atoms with Gasteiger partial charge in [0.1, 0.15) is 0 Å². The van der Waals surface area contributed by atoms with Crippen molar-refractivity contribution in [3.8, 4) is 11.5 Å². The second-order valence-corrected chi connectivity index (χ2v) is 7.38. The van der Waals surface area contributed by atoms with E-state index in [4.69, 9.17) is 9.47 Å². The molecule has 2 amide bonds. The number of amides is 2. The summed E-state index contributed by atoms with van der Waals surface area (Å²) in [6.45, 7) is 4.02. The Morgan fingerprint density at radius 1 is 1.13 bits per heavy atom. The van der Waals surface area contributed by atoms with Gasteiger partial charge in [-0.2, -0.15) is 0 Å². The van der Waals surface area contributed by atoms with Crippen LogP contribution in [0.25, 0.3) is 0 Å². The molecule has 0 aliphatic carbocycles. The van der Waals surface area contributed by atoms with Gasteiger partial charge in [0.05, 0.1) is 25.9 Å². The molecular formula is C23H28N2O5. The van der Waals surface area contributed by atoms with Gasteiger partial charge in [0.15, 0.2) is 11.5 Å². The maximum absolute atomic E-state index is 12.7. The zero-order valence-corrected chi connectivity index (χ0v) is 17.8. The number of benzene rings is 2. The van der Waals surface area contributed by atoms with Gasteiger partial charge in [-0.25, -0.2) is 4.79 Å². The molecule has 30 heavy (non-hydrogen) atoms. The van der Waals surface area contributed by atoms with Gasteiger partial charge in [-0.15, -0.1) is 0 Å². The lowest BCUT2D eigenvalue weighted by Gasteiger charge is -2.43. The molecule has 0 fully saturated rings. The largest absolute Gasteiger partial charge is 0.493 e. The third-order valence-electron chi connectivity index (χ3n) is 5.55. The molecule has 2 aromatic rings. The summed E-state index contributed by atoms with van der Waals surface area (Å²) in [4.78, 5) is 28.2. The van der Waals surface area contributed by atoms with Crippen molar-refractivity contribution in [1.29, 1.82) is 0 Å². The summed E-state index contributed by atoms with van der Waals surface area (Å²) in [7, 11) is 3.08. The molecule has 1 heterocycles. The number of nitrogens with zero attached hydrogens (tertiary/aromatic N) is 2. The summed E-state index contributed by atoms with van der Waals surface area (Å²) < 4.78 is 10.9. The second kappa shape index (κ2) is 9.07. The fourth-order valence-electron chi connectivity index (χ4n) is 4.09. The number of rotatable bonds is 6. The number of fused-ring (bicyclic) bond motifs is 1. The van der Waals surface area contributed by atoms with Crippen molar-refractivity contribution >= 4 is 17.7 Å². The summed E-state index contributed by atoms with van der Waals surface area (Å²) >= 11 is 0. The molecule has 0 saturated heterocycles. The highest BCUT2D eigenvalue weighted by Crippen LogP contribution is 2.46. The van der Waals surface area contributed by atoms with E-state index in [0.717, 1.165) is 11.1 Å². The summed E-state index contributed by atoms with van der Waals surface area (Å²) in [6, 6.07) is 12.5. The van der Waals surface area contributed by atoms with E-state index in [0.29, 0.717) is 30.0 Å². The second-order valence-electron chi connectivity index (χ2n) is 7.38. The van der Waals surface area contributed by atoms with Crippen molar-refractivity contribution in [2.45, 2.75) is 45.3 Å². The van der Waals surface area contributed by atoms with Crippen LogP contribution in [0, 0.1) is 0 Å². The molecule has 7 heteroatoms. The lowest BCUT2D eigenvalue weighted by Crippen LogP contribution is -2.47. The van der Waals surface area contributed by atoms with Crippen molar-refractivity contribution in [2.24, 2.45) is 0 Å². The van der Waals surface area contributed by atoms with Gasteiger partial charge in [-0.3, -0.25) is 9.69 Å². The number of hydrogen-bond acceptors (Lipinski definition) is 4. The predicted octanol–water partition coefficient (Wildman–Crippen LogP) is 4.46. The first-order valence-corrected chi connectivity index (χ1v) is 10.0. The Morgan fingerprint density at radius 3 is 2.33 bits per heavy atom. The SMILES string of the molecule is CCC(=O)N1c2cc(OC)c(OC)cc2C(N(Cc2ccccc2)C(=O)O)CC1C. The highest BCUT2D eigenvalue weighted by atomic mass is 16.5. The highest BCUT2D eigenvalue weighted by Gasteiger charge is 2.38. The van der Waals surface area contributed by atoms with Gasteiger partial charge < -0.3 is 19.5 Å². The van der Waals surface area contributed by atoms with Crippen LogP contribution in [0.4, 0.5) is 10.5 Å². The van der Waals surface area contributed by atoms with Gasteiger partial charge in [0.25, 0.3) is 0 Å². The van der Waals surface area contributed by atoms with Gasteiger partial charge in [-0.05, 0) is 25.0 Å². The van der Waals surface area contributed by atoms with Crippen molar-refractivity contribution in [1.82, 2.24) is 4.90 Å². The van der Waals surface area contributed by atoms with Crippen LogP contribution in [0.1, 0.15) is 43.9 Å². The maximum Gasteiger partial charge on any atom is 0.408 e. The van der Waals surface area contributed by atoms with Crippen LogP contribution < -0.4 is 14.4 Å². The molecule has 1 N–H and O–H groups in total.